The van der Waals surface area contributed by atoms with Gasteiger partial charge in [-0.15, -0.1) is 0 Å². The van der Waals surface area contributed by atoms with Gasteiger partial charge in [0.1, 0.15) is 5.75 Å². The minimum atomic E-state index is -0.182. The van der Waals surface area contributed by atoms with Crippen molar-refractivity contribution in [1.82, 2.24) is 0 Å². The Morgan fingerprint density at radius 2 is 1.88 bits per heavy atom. The Labute approximate surface area is 148 Å². The largest absolute Gasteiger partial charge is 0.497 e. The predicted octanol–water partition coefficient (Wildman–Crippen LogP) is 3.55. The van der Waals surface area contributed by atoms with Crippen molar-refractivity contribution in [2.75, 3.05) is 25.1 Å². The van der Waals surface area contributed by atoms with E-state index in [1.807, 2.05) is 48.5 Å². The van der Waals surface area contributed by atoms with Gasteiger partial charge in [0.05, 0.1) is 13.2 Å². The molecule has 1 saturated heterocycles. The van der Waals surface area contributed by atoms with Crippen LogP contribution >= 0.6 is 0 Å². The van der Waals surface area contributed by atoms with Gasteiger partial charge in [0, 0.05) is 24.3 Å². The molecule has 2 aromatic carbocycles. The molecule has 0 unspecified atom stereocenters. The van der Waals surface area contributed by atoms with Crippen LogP contribution in [-0.2, 0) is 0 Å². The molecule has 0 aliphatic carbocycles. The summed E-state index contributed by atoms with van der Waals surface area (Å²) in [5, 5.41) is 9.59. The highest BCUT2D eigenvalue weighted by Gasteiger charge is 2.17. The minimum absolute atomic E-state index is 0.0246. The first-order chi connectivity index (χ1) is 12.2. The number of aliphatic hydroxyl groups excluding tert-OH is 1. The molecule has 2 aromatic rings. The van der Waals surface area contributed by atoms with Gasteiger partial charge in [0.2, 0.25) is 0 Å². The fourth-order valence-corrected chi connectivity index (χ4v) is 2.97. The number of anilines is 1. The number of carbonyl (C=O) groups excluding carboxylic acids is 1. The zero-order chi connectivity index (χ0) is 17.6. The third-order valence-electron chi connectivity index (χ3n) is 4.50. The van der Waals surface area contributed by atoms with Crippen molar-refractivity contribution < 1.29 is 14.6 Å². The summed E-state index contributed by atoms with van der Waals surface area (Å²) in [6.07, 6.45) is 4.79. The van der Waals surface area contributed by atoms with E-state index in [0.29, 0.717) is 5.56 Å². The number of carbonyl (C=O) groups is 1. The first-order valence-electron chi connectivity index (χ1n) is 8.55. The van der Waals surface area contributed by atoms with Crippen molar-refractivity contribution in [2.45, 2.75) is 18.9 Å². The van der Waals surface area contributed by atoms with E-state index in [1.54, 1.807) is 19.3 Å². The van der Waals surface area contributed by atoms with E-state index in [-0.39, 0.29) is 11.9 Å². The molecule has 0 atom stereocenters. The Morgan fingerprint density at radius 1 is 1.16 bits per heavy atom. The van der Waals surface area contributed by atoms with Crippen LogP contribution in [0.2, 0.25) is 0 Å². The Kier molecular flexibility index (Phi) is 5.51. The Balaban J connectivity index is 1.65. The number of piperidine rings is 1. The summed E-state index contributed by atoms with van der Waals surface area (Å²) in [7, 11) is 1.62. The fourth-order valence-electron chi connectivity index (χ4n) is 2.97. The van der Waals surface area contributed by atoms with Crippen molar-refractivity contribution in [3.05, 3.63) is 65.7 Å². The highest BCUT2D eigenvalue weighted by atomic mass is 16.5. The van der Waals surface area contributed by atoms with Crippen LogP contribution in [0, 0.1) is 0 Å². The lowest BCUT2D eigenvalue weighted by Gasteiger charge is -2.31. The average molecular weight is 337 g/mol. The molecule has 0 amide bonds. The van der Waals surface area contributed by atoms with E-state index in [9.17, 15) is 9.90 Å². The number of benzene rings is 2. The van der Waals surface area contributed by atoms with Crippen LogP contribution in [0.1, 0.15) is 28.8 Å². The number of allylic oxidation sites excluding steroid dienone is 1. The summed E-state index contributed by atoms with van der Waals surface area (Å²) in [5.41, 5.74) is 2.69. The SMILES string of the molecule is COc1cccc(/C=C\C(=O)c2ccc(N3CCC(O)CC3)cc2)c1. The van der Waals surface area contributed by atoms with Crippen molar-refractivity contribution in [1.29, 1.82) is 0 Å². The van der Waals surface area contributed by atoms with Crippen molar-refractivity contribution >= 4 is 17.5 Å². The van der Waals surface area contributed by atoms with Gasteiger partial charge >= 0.3 is 0 Å². The van der Waals surface area contributed by atoms with E-state index in [0.717, 1.165) is 42.9 Å². The lowest BCUT2D eigenvalue weighted by molar-refractivity contribution is 0.104. The van der Waals surface area contributed by atoms with Gasteiger partial charge in [-0.1, -0.05) is 18.2 Å². The van der Waals surface area contributed by atoms with Crippen LogP contribution < -0.4 is 9.64 Å². The maximum atomic E-state index is 12.3. The molecule has 0 aromatic heterocycles. The first kappa shape index (κ1) is 17.2. The molecular weight excluding hydrogens is 314 g/mol. The van der Waals surface area contributed by atoms with Crippen LogP contribution in [0.5, 0.6) is 5.75 Å². The monoisotopic (exact) mass is 337 g/mol. The summed E-state index contributed by atoms with van der Waals surface area (Å²) in [5.74, 6) is 0.744. The lowest BCUT2D eigenvalue weighted by atomic mass is 10.1. The zero-order valence-electron chi connectivity index (χ0n) is 14.4. The van der Waals surface area contributed by atoms with Gasteiger partial charge < -0.3 is 14.7 Å². The van der Waals surface area contributed by atoms with Crippen LogP contribution in [0.15, 0.2) is 54.6 Å². The molecule has 1 aliphatic heterocycles. The molecule has 0 spiro atoms. The summed E-state index contributed by atoms with van der Waals surface area (Å²) < 4.78 is 5.18. The number of aliphatic hydroxyl groups is 1. The average Bonchev–Trinajstić information content (AvgIpc) is 2.67. The molecular formula is C21H23NO3. The second-order valence-corrected chi connectivity index (χ2v) is 6.24. The van der Waals surface area contributed by atoms with E-state index in [1.165, 1.54) is 0 Å². The number of methoxy groups -OCH3 is 1. The van der Waals surface area contributed by atoms with E-state index in [4.69, 9.17) is 4.74 Å². The molecule has 0 bridgehead atoms. The van der Waals surface area contributed by atoms with Crippen LogP contribution in [0.25, 0.3) is 6.08 Å². The van der Waals surface area contributed by atoms with Crippen molar-refractivity contribution in [2.24, 2.45) is 0 Å². The third kappa shape index (κ3) is 4.48. The normalized spacial score (nSPS) is 15.5. The number of hydrogen-bond acceptors (Lipinski definition) is 4. The highest BCUT2D eigenvalue weighted by molar-refractivity contribution is 6.07. The Bertz CT molecular complexity index is 744. The second kappa shape index (κ2) is 7.99. The van der Waals surface area contributed by atoms with Gasteiger partial charge in [-0.2, -0.15) is 0 Å². The quantitative estimate of drug-likeness (QED) is 0.669. The third-order valence-corrected chi connectivity index (χ3v) is 4.50. The highest BCUT2D eigenvalue weighted by Crippen LogP contribution is 2.21. The number of hydrogen-bond donors (Lipinski definition) is 1. The van der Waals surface area contributed by atoms with Crippen LogP contribution in [0.4, 0.5) is 5.69 Å². The molecule has 130 valence electrons. The Hall–Kier alpha value is -2.59. The molecule has 1 aliphatic rings. The molecule has 1 fully saturated rings. The standard InChI is InChI=1S/C21H23NO3/c1-25-20-4-2-3-16(15-20)5-10-21(24)17-6-8-18(9-7-17)22-13-11-19(23)12-14-22/h2-10,15,19,23H,11-14H2,1H3/b10-5-. The first-order valence-corrected chi connectivity index (χ1v) is 8.55. The van der Waals surface area contributed by atoms with E-state index in [2.05, 4.69) is 4.90 Å². The molecule has 4 heteroatoms. The molecule has 1 heterocycles. The van der Waals surface area contributed by atoms with Crippen LogP contribution in [-0.4, -0.2) is 37.2 Å². The second-order valence-electron chi connectivity index (χ2n) is 6.24. The van der Waals surface area contributed by atoms with Crippen LogP contribution in [0.3, 0.4) is 0 Å². The summed E-state index contributed by atoms with van der Waals surface area (Å²) >= 11 is 0. The van der Waals surface area contributed by atoms with Gasteiger partial charge in [-0.25, -0.2) is 0 Å². The molecule has 0 radical (unpaired) electrons. The number of ketones is 1. The van der Waals surface area contributed by atoms with Gasteiger partial charge in [-0.3, -0.25) is 4.79 Å². The van der Waals surface area contributed by atoms with Gasteiger partial charge in [-0.05, 0) is 60.9 Å². The fraction of sp³-hybridized carbons (Fsp3) is 0.286. The predicted molar refractivity (Wildman–Crippen MR) is 100 cm³/mol. The maximum Gasteiger partial charge on any atom is 0.185 e. The summed E-state index contributed by atoms with van der Waals surface area (Å²) in [6.45, 7) is 1.70. The molecule has 4 nitrogen and oxygen atoms in total. The zero-order valence-corrected chi connectivity index (χ0v) is 14.4. The van der Waals surface area contributed by atoms with E-state index >= 15 is 0 Å². The van der Waals surface area contributed by atoms with Gasteiger partial charge in [0.25, 0.3) is 0 Å². The number of ether oxygens (including phenoxy) is 1. The smallest absolute Gasteiger partial charge is 0.185 e. The summed E-state index contributed by atoms with van der Waals surface area (Å²) in [6, 6.07) is 15.3. The van der Waals surface area contributed by atoms with Crippen molar-refractivity contribution in [3.8, 4) is 5.75 Å². The molecule has 25 heavy (non-hydrogen) atoms. The van der Waals surface area contributed by atoms with Gasteiger partial charge in [0.15, 0.2) is 5.78 Å². The molecule has 0 saturated carbocycles. The van der Waals surface area contributed by atoms with E-state index < -0.39 is 0 Å². The minimum Gasteiger partial charge on any atom is -0.497 e. The topological polar surface area (TPSA) is 49.8 Å². The number of rotatable bonds is 5. The summed E-state index contributed by atoms with van der Waals surface area (Å²) in [4.78, 5) is 14.6. The number of nitrogens with zero attached hydrogens (tertiary/aromatic N) is 1. The lowest BCUT2D eigenvalue weighted by Crippen LogP contribution is -2.35. The molecule has 3 rings (SSSR count). The van der Waals surface area contributed by atoms with Crippen molar-refractivity contribution in [3.63, 3.8) is 0 Å². The maximum absolute atomic E-state index is 12.3. The Morgan fingerprint density at radius 3 is 2.56 bits per heavy atom. The molecule has 1 N–H and O–H groups in total.